The second-order valence-corrected chi connectivity index (χ2v) is 9.60. The van der Waals surface area contributed by atoms with E-state index < -0.39 is 0 Å². The molecule has 29 heavy (non-hydrogen) atoms. The number of hydrazone groups is 1. The first kappa shape index (κ1) is 21.3. The minimum atomic E-state index is -0.307. The van der Waals surface area contributed by atoms with Crippen molar-refractivity contribution in [3.63, 3.8) is 0 Å². The number of carbonyl (C=O) groups is 1. The molecule has 3 rings (SSSR count). The fourth-order valence-electron chi connectivity index (χ4n) is 2.82. The molecule has 0 fully saturated rings. The van der Waals surface area contributed by atoms with Gasteiger partial charge in [-0.2, -0.15) is 5.10 Å². The van der Waals surface area contributed by atoms with E-state index in [2.05, 4.69) is 59.4 Å². The number of hydrogen-bond donors (Lipinski definition) is 2. The summed E-state index contributed by atoms with van der Waals surface area (Å²) in [6.45, 7) is 8.27. The van der Waals surface area contributed by atoms with Gasteiger partial charge in [0.25, 0.3) is 5.91 Å². The van der Waals surface area contributed by atoms with Crippen LogP contribution in [0, 0.1) is 0 Å². The lowest BCUT2D eigenvalue weighted by atomic mass is 9.86. The first-order valence-electron chi connectivity index (χ1n) is 9.19. The highest BCUT2D eigenvalue weighted by Gasteiger charge is 2.17. The van der Waals surface area contributed by atoms with Crippen LogP contribution >= 0.6 is 27.3 Å². The lowest BCUT2D eigenvalue weighted by Crippen LogP contribution is -2.19. The van der Waals surface area contributed by atoms with E-state index in [-0.39, 0.29) is 17.1 Å². The van der Waals surface area contributed by atoms with Crippen molar-refractivity contribution in [2.45, 2.75) is 33.1 Å². The van der Waals surface area contributed by atoms with Crippen molar-refractivity contribution in [3.05, 3.63) is 75.1 Å². The van der Waals surface area contributed by atoms with E-state index in [4.69, 9.17) is 0 Å². The molecule has 4 nitrogen and oxygen atoms in total. The number of rotatable bonds is 4. The summed E-state index contributed by atoms with van der Waals surface area (Å²) in [5.41, 5.74) is 6.48. The Labute approximate surface area is 183 Å². The zero-order valence-corrected chi connectivity index (χ0v) is 19.2. The van der Waals surface area contributed by atoms with Gasteiger partial charge in [-0.25, -0.2) is 5.43 Å². The van der Waals surface area contributed by atoms with Gasteiger partial charge in [-0.15, -0.1) is 11.3 Å². The van der Waals surface area contributed by atoms with E-state index in [0.29, 0.717) is 16.8 Å². The summed E-state index contributed by atoms with van der Waals surface area (Å²) in [6, 6.07) is 15.3. The predicted octanol–water partition coefficient (Wildman–Crippen LogP) is 6.33. The second-order valence-electron chi connectivity index (χ2n) is 7.80. The minimum absolute atomic E-state index is 0.0803. The van der Waals surface area contributed by atoms with Crippen molar-refractivity contribution < 1.29 is 9.90 Å². The quantitative estimate of drug-likeness (QED) is 0.345. The van der Waals surface area contributed by atoms with Crippen molar-refractivity contribution in [1.29, 1.82) is 0 Å². The topological polar surface area (TPSA) is 61.7 Å². The number of thiophene rings is 1. The Bertz CT molecular complexity index is 1060. The first-order chi connectivity index (χ1) is 13.7. The van der Waals surface area contributed by atoms with Gasteiger partial charge in [0.2, 0.25) is 0 Å². The Morgan fingerprint density at radius 2 is 1.83 bits per heavy atom. The minimum Gasteiger partial charge on any atom is -0.506 e. The summed E-state index contributed by atoms with van der Waals surface area (Å²) in [5, 5.41) is 16.7. The van der Waals surface area contributed by atoms with E-state index in [0.717, 1.165) is 14.9 Å². The van der Waals surface area contributed by atoms with Crippen molar-refractivity contribution in [1.82, 2.24) is 5.43 Å². The number of nitrogens with zero attached hydrogens (tertiary/aromatic N) is 1. The van der Waals surface area contributed by atoms with Gasteiger partial charge in [0, 0.05) is 15.4 Å². The molecule has 0 aliphatic carbocycles. The maximum Gasteiger partial charge on any atom is 0.271 e. The molecule has 0 aliphatic heterocycles. The molecule has 6 heteroatoms. The molecule has 0 saturated heterocycles. The van der Waals surface area contributed by atoms with Crippen LogP contribution in [0.2, 0.25) is 0 Å². The van der Waals surface area contributed by atoms with Gasteiger partial charge in [0.15, 0.2) is 0 Å². The zero-order chi connectivity index (χ0) is 21.2. The molecule has 0 saturated carbocycles. The standard InChI is InChI=1S/C23H23BrN2O2S/c1-14(25-26-22(28)16-6-5-7-18(24)12-16)19-13-29-21(20(19)27)15-8-10-17(11-9-15)23(2,3)4/h5-13,27H,1-4H3,(H,26,28). The maximum absolute atomic E-state index is 12.3. The molecule has 0 spiro atoms. The molecule has 0 atom stereocenters. The third-order valence-corrected chi connectivity index (χ3v) is 6.09. The second kappa shape index (κ2) is 8.51. The van der Waals surface area contributed by atoms with Crippen molar-refractivity contribution in [2.75, 3.05) is 0 Å². The van der Waals surface area contributed by atoms with Gasteiger partial charge in [-0.05, 0) is 41.7 Å². The molecule has 0 bridgehead atoms. The fourth-order valence-corrected chi connectivity index (χ4v) is 4.23. The number of carbonyl (C=O) groups excluding carboxylic acids is 1. The number of amides is 1. The number of nitrogens with one attached hydrogen (secondary N) is 1. The lowest BCUT2D eigenvalue weighted by Gasteiger charge is -2.19. The van der Waals surface area contributed by atoms with E-state index in [1.807, 2.05) is 23.6 Å². The van der Waals surface area contributed by atoms with Crippen LogP contribution in [-0.2, 0) is 5.41 Å². The number of hydrogen-bond acceptors (Lipinski definition) is 4. The molecule has 1 amide bonds. The summed E-state index contributed by atoms with van der Waals surface area (Å²) in [4.78, 5) is 13.0. The van der Waals surface area contributed by atoms with Gasteiger partial charge >= 0.3 is 0 Å². The van der Waals surface area contributed by atoms with Crippen LogP contribution in [0.1, 0.15) is 49.2 Å². The van der Waals surface area contributed by atoms with Crippen molar-refractivity contribution in [2.24, 2.45) is 5.10 Å². The molecule has 1 aromatic heterocycles. The number of aromatic hydroxyl groups is 1. The van der Waals surface area contributed by atoms with Gasteiger partial charge in [-0.3, -0.25) is 4.79 Å². The molecular weight excluding hydrogens is 448 g/mol. The van der Waals surface area contributed by atoms with Crippen LogP contribution in [0.3, 0.4) is 0 Å². The maximum atomic E-state index is 12.3. The SMILES string of the molecule is CC(=NNC(=O)c1cccc(Br)c1)c1csc(-c2ccc(C(C)(C)C)cc2)c1O. The van der Waals surface area contributed by atoms with Gasteiger partial charge < -0.3 is 5.11 Å². The van der Waals surface area contributed by atoms with Gasteiger partial charge in [0.05, 0.1) is 16.2 Å². The third kappa shape index (κ3) is 4.95. The predicted molar refractivity (Wildman–Crippen MR) is 124 cm³/mol. The summed E-state index contributed by atoms with van der Waals surface area (Å²) in [6.07, 6.45) is 0. The van der Waals surface area contributed by atoms with E-state index >= 15 is 0 Å². The Morgan fingerprint density at radius 3 is 2.45 bits per heavy atom. The summed E-state index contributed by atoms with van der Waals surface area (Å²) < 4.78 is 0.823. The summed E-state index contributed by atoms with van der Waals surface area (Å²) in [7, 11) is 0. The molecule has 2 aromatic carbocycles. The molecule has 0 aliphatic rings. The smallest absolute Gasteiger partial charge is 0.271 e. The largest absolute Gasteiger partial charge is 0.506 e. The Hall–Kier alpha value is -2.44. The fraction of sp³-hybridized carbons (Fsp3) is 0.217. The molecule has 3 aromatic rings. The average Bonchev–Trinajstić information content (AvgIpc) is 3.06. The van der Waals surface area contributed by atoms with Crippen LogP contribution < -0.4 is 5.43 Å². The van der Waals surface area contributed by atoms with Gasteiger partial charge in [-0.1, -0.05) is 67.0 Å². The van der Waals surface area contributed by atoms with Gasteiger partial charge in [0.1, 0.15) is 5.75 Å². The summed E-state index contributed by atoms with van der Waals surface area (Å²) in [5.74, 6) is -0.130. The number of halogens is 1. The first-order valence-corrected chi connectivity index (χ1v) is 10.9. The zero-order valence-electron chi connectivity index (χ0n) is 16.8. The van der Waals surface area contributed by atoms with Crippen molar-refractivity contribution >= 4 is 38.9 Å². The van der Waals surface area contributed by atoms with E-state index in [1.54, 1.807) is 25.1 Å². The normalized spacial score (nSPS) is 12.1. The molecule has 2 N–H and O–H groups in total. The Kier molecular flexibility index (Phi) is 6.24. The molecule has 0 unspecified atom stereocenters. The highest BCUT2D eigenvalue weighted by Crippen LogP contribution is 2.39. The Morgan fingerprint density at radius 1 is 1.14 bits per heavy atom. The Balaban J connectivity index is 1.79. The van der Waals surface area contributed by atoms with Crippen LogP contribution in [0.4, 0.5) is 0 Å². The third-order valence-electron chi connectivity index (χ3n) is 4.58. The van der Waals surface area contributed by atoms with E-state index in [9.17, 15) is 9.90 Å². The summed E-state index contributed by atoms with van der Waals surface area (Å²) >= 11 is 4.80. The number of benzene rings is 2. The van der Waals surface area contributed by atoms with Crippen LogP contribution in [0.25, 0.3) is 10.4 Å². The monoisotopic (exact) mass is 470 g/mol. The van der Waals surface area contributed by atoms with Crippen molar-refractivity contribution in [3.8, 4) is 16.2 Å². The van der Waals surface area contributed by atoms with Crippen LogP contribution in [0.15, 0.2) is 63.5 Å². The molecule has 150 valence electrons. The average molecular weight is 471 g/mol. The highest BCUT2D eigenvalue weighted by molar-refractivity contribution is 9.10. The molecular formula is C23H23BrN2O2S. The van der Waals surface area contributed by atoms with Crippen LogP contribution in [0.5, 0.6) is 5.75 Å². The lowest BCUT2D eigenvalue weighted by molar-refractivity contribution is 0.0954. The highest BCUT2D eigenvalue weighted by atomic mass is 79.9. The molecule has 0 radical (unpaired) electrons. The van der Waals surface area contributed by atoms with Crippen LogP contribution in [-0.4, -0.2) is 16.7 Å². The molecule has 1 heterocycles. The van der Waals surface area contributed by atoms with E-state index in [1.165, 1.54) is 16.9 Å².